The van der Waals surface area contributed by atoms with E-state index >= 15 is 0 Å². The number of rotatable bonds is 4. The number of carbonyl (C=O) groups excluding carboxylic acids is 1. The lowest BCUT2D eigenvalue weighted by molar-refractivity contribution is 0.0952. The highest BCUT2D eigenvalue weighted by molar-refractivity contribution is 9.11. The zero-order valence-corrected chi connectivity index (χ0v) is 18.9. The molecule has 5 nitrogen and oxygen atoms in total. The van der Waals surface area contributed by atoms with Crippen molar-refractivity contribution in [3.05, 3.63) is 78.9 Å². The smallest absolute Gasteiger partial charge is 0.275 e. The Morgan fingerprint density at radius 3 is 2.68 bits per heavy atom. The maximum atomic E-state index is 12.3. The molecule has 0 aliphatic heterocycles. The second kappa shape index (κ2) is 8.51. The number of nitrogens with zero attached hydrogens (tertiary/aromatic N) is 2. The van der Waals surface area contributed by atoms with Crippen molar-refractivity contribution in [2.45, 2.75) is 13.8 Å². The van der Waals surface area contributed by atoms with E-state index in [1.165, 1.54) is 6.07 Å². The number of nitrogens with one attached hydrogen (secondary N) is 1. The summed E-state index contributed by atoms with van der Waals surface area (Å²) in [6.45, 7) is 3.95. The number of aromatic hydroxyl groups is 1. The molecular formula is C20H16Br2ClN3O2. The summed E-state index contributed by atoms with van der Waals surface area (Å²) in [5, 5.41) is 14.7. The lowest BCUT2D eigenvalue weighted by Crippen LogP contribution is -2.18. The summed E-state index contributed by atoms with van der Waals surface area (Å²) in [7, 11) is 0. The summed E-state index contributed by atoms with van der Waals surface area (Å²) in [4.78, 5) is 12.3. The highest BCUT2D eigenvalue weighted by Gasteiger charge is 2.15. The molecule has 0 radical (unpaired) electrons. The Labute approximate surface area is 184 Å². The Morgan fingerprint density at radius 2 is 1.96 bits per heavy atom. The van der Waals surface area contributed by atoms with Gasteiger partial charge in [0, 0.05) is 32.1 Å². The molecule has 0 saturated heterocycles. The van der Waals surface area contributed by atoms with Crippen molar-refractivity contribution in [3.63, 3.8) is 0 Å². The third-order valence-corrected chi connectivity index (χ3v) is 5.48. The third kappa shape index (κ3) is 4.32. The molecule has 0 bridgehead atoms. The van der Waals surface area contributed by atoms with Gasteiger partial charge in [0.15, 0.2) is 0 Å². The molecule has 3 rings (SSSR count). The Kier molecular flexibility index (Phi) is 6.27. The van der Waals surface area contributed by atoms with Crippen molar-refractivity contribution in [1.29, 1.82) is 0 Å². The lowest BCUT2D eigenvalue weighted by Gasteiger charge is -2.09. The zero-order chi connectivity index (χ0) is 20.4. The second-order valence-electron chi connectivity index (χ2n) is 6.12. The van der Waals surface area contributed by atoms with Gasteiger partial charge in [0.25, 0.3) is 5.91 Å². The number of aryl methyl sites for hydroxylation is 1. The maximum Gasteiger partial charge on any atom is 0.275 e. The number of amides is 1. The number of benzene rings is 2. The second-order valence-corrected chi connectivity index (χ2v) is 8.33. The molecule has 0 aliphatic rings. The number of halogens is 3. The van der Waals surface area contributed by atoms with E-state index in [0.29, 0.717) is 14.0 Å². The summed E-state index contributed by atoms with van der Waals surface area (Å²) in [5.41, 5.74) is 6.35. The van der Waals surface area contributed by atoms with E-state index in [0.717, 1.165) is 22.6 Å². The van der Waals surface area contributed by atoms with E-state index in [4.69, 9.17) is 11.6 Å². The van der Waals surface area contributed by atoms with Crippen LogP contribution in [0.2, 0.25) is 5.02 Å². The van der Waals surface area contributed by atoms with Crippen molar-refractivity contribution >= 4 is 55.6 Å². The van der Waals surface area contributed by atoms with Crippen molar-refractivity contribution in [1.82, 2.24) is 9.99 Å². The maximum absolute atomic E-state index is 12.3. The largest absolute Gasteiger partial charge is 0.506 e. The first-order chi connectivity index (χ1) is 13.3. The molecule has 1 heterocycles. The Balaban J connectivity index is 1.82. The van der Waals surface area contributed by atoms with Gasteiger partial charge in [-0.25, -0.2) is 5.43 Å². The minimum Gasteiger partial charge on any atom is -0.506 e. The molecule has 8 heteroatoms. The van der Waals surface area contributed by atoms with Crippen LogP contribution in [-0.4, -0.2) is 21.8 Å². The van der Waals surface area contributed by atoms with Crippen LogP contribution in [0.1, 0.15) is 27.3 Å². The number of phenols is 1. The normalized spacial score (nSPS) is 11.2. The standard InChI is InChI=1S/C20H16Br2ClN3O2/c1-11-6-13(12(2)26(11)16-5-3-4-15(23)9-16)10-24-25-20(28)17-7-14(21)8-18(22)19(17)27/h3-10,27H,1-2H3,(H,25,28)/b24-10-. The number of phenolic OH excluding ortho intramolecular Hbond substituents is 1. The van der Waals surface area contributed by atoms with Gasteiger partial charge in [0.05, 0.1) is 16.3 Å². The van der Waals surface area contributed by atoms with Crippen LogP contribution in [0.3, 0.4) is 0 Å². The molecule has 144 valence electrons. The van der Waals surface area contributed by atoms with E-state index < -0.39 is 5.91 Å². The Hall–Kier alpha value is -2.09. The highest BCUT2D eigenvalue weighted by Crippen LogP contribution is 2.31. The molecule has 0 aliphatic carbocycles. The van der Waals surface area contributed by atoms with Gasteiger partial charge in [-0.1, -0.05) is 33.6 Å². The number of hydrogen-bond donors (Lipinski definition) is 2. The van der Waals surface area contributed by atoms with Gasteiger partial charge in [0.1, 0.15) is 5.75 Å². The summed E-state index contributed by atoms with van der Waals surface area (Å²) in [5.74, 6) is -0.658. The van der Waals surface area contributed by atoms with Crippen molar-refractivity contribution in [3.8, 4) is 11.4 Å². The summed E-state index contributed by atoms with van der Waals surface area (Å²) < 4.78 is 3.14. The molecule has 1 aromatic heterocycles. The van der Waals surface area contributed by atoms with E-state index in [1.54, 1.807) is 12.3 Å². The van der Waals surface area contributed by atoms with E-state index in [-0.39, 0.29) is 11.3 Å². The van der Waals surface area contributed by atoms with E-state index in [1.807, 2.05) is 44.2 Å². The van der Waals surface area contributed by atoms with Crippen LogP contribution in [0.4, 0.5) is 0 Å². The van der Waals surface area contributed by atoms with Crippen LogP contribution in [0.15, 0.2) is 56.5 Å². The fourth-order valence-corrected chi connectivity index (χ4v) is 4.30. The minimum atomic E-state index is -0.514. The van der Waals surface area contributed by atoms with Crippen molar-refractivity contribution in [2.24, 2.45) is 5.10 Å². The minimum absolute atomic E-state index is 0.114. The molecule has 0 atom stereocenters. The fraction of sp³-hybridized carbons (Fsp3) is 0.100. The molecule has 1 amide bonds. The first-order valence-corrected chi connectivity index (χ1v) is 10.2. The predicted molar refractivity (Wildman–Crippen MR) is 119 cm³/mol. The van der Waals surface area contributed by atoms with Crippen LogP contribution in [0.25, 0.3) is 5.69 Å². The van der Waals surface area contributed by atoms with E-state index in [9.17, 15) is 9.90 Å². The predicted octanol–water partition coefficient (Wildman–Crippen LogP) is 5.74. The molecule has 2 N–H and O–H groups in total. The Bertz CT molecular complexity index is 1090. The average molecular weight is 526 g/mol. The monoisotopic (exact) mass is 523 g/mol. The van der Waals surface area contributed by atoms with Crippen LogP contribution in [0, 0.1) is 13.8 Å². The van der Waals surface area contributed by atoms with Crippen LogP contribution in [0.5, 0.6) is 5.75 Å². The van der Waals surface area contributed by atoms with Gasteiger partial charge >= 0.3 is 0 Å². The molecule has 0 fully saturated rings. The van der Waals surface area contributed by atoms with Crippen molar-refractivity contribution in [2.75, 3.05) is 0 Å². The molecule has 0 spiro atoms. The summed E-state index contributed by atoms with van der Waals surface area (Å²) in [6.07, 6.45) is 1.57. The summed E-state index contributed by atoms with van der Waals surface area (Å²) in [6, 6.07) is 12.7. The van der Waals surface area contributed by atoms with E-state index in [2.05, 4.69) is 47.0 Å². The Morgan fingerprint density at radius 1 is 1.21 bits per heavy atom. The van der Waals surface area contributed by atoms with Gasteiger partial charge in [0.2, 0.25) is 0 Å². The van der Waals surface area contributed by atoms with Gasteiger partial charge < -0.3 is 9.67 Å². The van der Waals surface area contributed by atoms with Gasteiger partial charge in [-0.2, -0.15) is 5.10 Å². The van der Waals surface area contributed by atoms with Crippen molar-refractivity contribution < 1.29 is 9.90 Å². The van der Waals surface area contributed by atoms with Gasteiger partial charge in [-0.05, 0) is 66.2 Å². The molecule has 28 heavy (non-hydrogen) atoms. The highest BCUT2D eigenvalue weighted by atomic mass is 79.9. The molecular weight excluding hydrogens is 510 g/mol. The zero-order valence-electron chi connectivity index (χ0n) is 15.0. The number of hydrazone groups is 1. The van der Waals surface area contributed by atoms with Gasteiger partial charge in [-0.15, -0.1) is 0 Å². The fourth-order valence-electron chi connectivity index (χ4n) is 2.89. The molecule has 0 saturated carbocycles. The molecule has 0 unspecified atom stereocenters. The number of aromatic nitrogens is 1. The average Bonchev–Trinajstić information content (AvgIpc) is 2.91. The summed E-state index contributed by atoms with van der Waals surface area (Å²) >= 11 is 12.6. The number of carbonyl (C=O) groups is 1. The van der Waals surface area contributed by atoms with Crippen LogP contribution < -0.4 is 5.43 Å². The van der Waals surface area contributed by atoms with Crippen LogP contribution >= 0.6 is 43.5 Å². The lowest BCUT2D eigenvalue weighted by atomic mass is 10.2. The third-order valence-electron chi connectivity index (χ3n) is 4.18. The SMILES string of the molecule is Cc1cc(/C=N\NC(=O)c2cc(Br)cc(Br)c2O)c(C)n1-c1cccc(Cl)c1. The quantitative estimate of drug-likeness (QED) is 0.337. The topological polar surface area (TPSA) is 66.6 Å². The first kappa shape index (κ1) is 20.6. The van der Waals surface area contributed by atoms with Gasteiger partial charge in [-0.3, -0.25) is 4.79 Å². The first-order valence-electron chi connectivity index (χ1n) is 8.24. The van der Waals surface area contributed by atoms with Crippen LogP contribution in [-0.2, 0) is 0 Å². The number of hydrogen-bond acceptors (Lipinski definition) is 3. The molecule has 2 aromatic carbocycles. The molecule has 3 aromatic rings.